The fourth-order valence-corrected chi connectivity index (χ4v) is 4.50. The molecule has 1 fully saturated rings. The standard InChI is InChI=1S/C24H39N3O3S/c1-19(2)11-14-27-18-22(28)21(17-20-9-5-3-6-10-20)26-23(29)12-16-31-15-8-4-7-13-25-24(27)30/h3,5-6,9-10,19,21-22,28H,4,7-8,11-18H2,1-2H3,(H,25,30)(H,26,29). The number of aliphatic hydroxyl groups is 1. The van der Waals surface area contributed by atoms with Crippen LogP contribution in [-0.2, 0) is 11.2 Å². The zero-order valence-electron chi connectivity index (χ0n) is 19.0. The van der Waals surface area contributed by atoms with Gasteiger partial charge < -0.3 is 20.6 Å². The Hall–Kier alpha value is -1.73. The predicted octanol–water partition coefficient (Wildman–Crippen LogP) is 3.44. The Labute approximate surface area is 191 Å². The Balaban J connectivity index is 2.14. The van der Waals surface area contributed by atoms with Crippen LogP contribution < -0.4 is 10.6 Å². The van der Waals surface area contributed by atoms with Gasteiger partial charge in [0.1, 0.15) is 0 Å². The van der Waals surface area contributed by atoms with Gasteiger partial charge in [0.15, 0.2) is 0 Å². The number of nitrogens with one attached hydrogen (secondary N) is 2. The predicted molar refractivity (Wildman–Crippen MR) is 128 cm³/mol. The zero-order valence-corrected chi connectivity index (χ0v) is 19.8. The number of thioether (sulfide) groups is 1. The van der Waals surface area contributed by atoms with Crippen LogP contribution in [0.25, 0.3) is 0 Å². The molecular formula is C24H39N3O3S. The third kappa shape index (κ3) is 10.4. The van der Waals surface area contributed by atoms with Gasteiger partial charge in [-0.25, -0.2) is 4.79 Å². The molecule has 0 saturated carbocycles. The highest BCUT2D eigenvalue weighted by Crippen LogP contribution is 2.12. The van der Waals surface area contributed by atoms with E-state index in [9.17, 15) is 14.7 Å². The van der Waals surface area contributed by atoms with Crippen molar-refractivity contribution in [3.63, 3.8) is 0 Å². The molecule has 7 heteroatoms. The number of hydrogen-bond acceptors (Lipinski definition) is 4. The van der Waals surface area contributed by atoms with Gasteiger partial charge in [-0.15, -0.1) is 0 Å². The average Bonchev–Trinajstić information content (AvgIpc) is 2.74. The van der Waals surface area contributed by atoms with Crippen LogP contribution in [0.1, 0.15) is 51.5 Å². The van der Waals surface area contributed by atoms with Crippen LogP contribution in [0, 0.1) is 5.92 Å². The van der Waals surface area contributed by atoms with Crippen molar-refractivity contribution in [1.29, 1.82) is 0 Å². The molecular weight excluding hydrogens is 410 g/mol. The lowest BCUT2D eigenvalue weighted by atomic mass is 10.00. The number of hydrogen-bond donors (Lipinski definition) is 3. The molecule has 0 spiro atoms. The number of amides is 3. The van der Waals surface area contributed by atoms with Crippen LogP contribution in [0.2, 0.25) is 0 Å². The maximum Gasteiger partial charge on any atom is 0.317 e. The minimum Gasteiger partial charge on any atom is -0.389 e. The summed E-state index contributed by atoms with van der Waals surface area (Å²) in [5.74, 6) is 2.23. The molecule has 31 heavy (non-hydrogen) atoms. The second-order valence-electron chi connectivity index (χ2n) is 8.71. The Bertz CT molecular complexity index is 657. The largest absolute Gasteiger partial charge is 0.389 e. The van der Waals surface area contributed by atoms with Gasteiger partial charge in [-0.1, -0.05) is 50.6 Å². The van der Waals surface area contributed by atoms with E-state index in [-0.39, 0.29) is 18.5 Å². The highest BCUT2D eigenvalue weighted by atomic mass is 32.2. The molecule has 174 valence electrons. The lowest BCUT2D eigenvalue weighted by Gasteiger charge is -2.31. The van der Waals surface area contributed by atoms with Crippen molar-refractivity contribution in [2.45, 2.75) is 64.5 Å². The summed E-state index contributed by atoms with van der Waals surface area (Å²) in [6, 6.07) is 9.28. The molecule has 6 nitrogen and oxygen atoms in total. The third-order valence-corrected chi connectivity index (χ3v) is 6.57. The number of carbonyl (C=O) groups excluding carboxylic acids is 2. The molecule has 0 aliphatic carbocycles. The van der Waals surface area contributed by atoms with E-state index in [4.69, 9.17) is 0 Å². The number of carbonyl (C=O) groups is 2. The van der Waals surface area contributed by atoms with Gasteiger partial charge in [0.2, 0.25) is 5.91 Å². The third-order valence-electron chi connectivity index (χ3n) is 5.50. The van der Waals surface area contributed by atoms with Gasteiger partial charge >= 0.3 is 6.03 Å². The minimum atomic E-state index is -0.845. The van der Waals surface area contributed by atoms with Crippen LogP contribution >= 0.6 is 11.8 Å². The molecule has 2 rings (SSSR count). The van der Waals surface area contributed by atoms with Crippen molar-refractivity contribution in [2.75, 3.05) is 31.1 Å². The summed E-state index contributed by atoms with van der Waals surface area (Å²) in [6.07, 6.45) is 4.10. The summed E-state index contributed by atoms with van der Waals surface area (Å²) in [5, 5.41) is 17.1. The molecule has 0 bridgehead atoms. The van der Waals surface area contributed by atoms with E-state index in [0.29, 0.717) is 31.8 Å². The lowest BCUT2D eigenvalue weighted by Crippen LogP contribution is -2.52. The molecule has 3 N–H and O–H groups in total. The smallest absolute Gasteiger partial charge is 0.317 e. The van der Waals surface area contributed by atoms with E-state index in [1.165, 1.54) is 0 Å². The zero-order chi connectivity index (χ0) is 22.5. The van der Waals surface area contributed by atoms with Crippen molar-refractivity contribution in [3.8, 4) is 0 Å². The molecule has 1 aromatic rings. The minimum absolute atomic E-state index is 0.0437. The lowest BCUT2D eigenvalue weighted by molar-refractivity contribution is -0.122. The van der Waals surface area contributed by atoms with Crippen LogP contribution in [0.5, 0.6) is 0 Å². The second-order valence-corrected chi connectivity index (χ2v) is 9.94. The van der Waals surface area contributed by atoms with Crippen LogP contribution in [0.3, 0.4) is 0 Å². The van der Waals surface area contributed by atoms with Crippen molar-refractivity contribution in [2.24, 2.45) is 5.92 Å². The second kappa shape index (κ2) is 14.4. The fourth-order valence-electron chi connectivity index (χ4n) is 3.55. The van der Waals surface area contributed by atoms with Crippen molar-refractivity contribution < 1.29 is 14.7 Å². The number of aliphatic hydroxyl groups excluding tert-OH is 1. The van der Waals surface area contributed by atoms with Crippen molar-refractivity contribution in [1.82, 2.24) is 15.5 Å². The van der Waals surface area contributed by atoms with E-state index in [1.54, 1.807) is 16.7 Å². The molecule has 3 amide bonds. The van der Waals surface area contributed by atoms with Crippen molar-refractivity contribution in [3.05, 3.63) is 35.9 Å². The molecule has 1 saturated heterocycles. The quantitative estimate of drug-likeness (QED) is 0.643. The molecule has 1 heterocycles. The SMILES string of the molecule is CC(C)CCN1CC(O)C(Cc2ccccc2)NC(=O)CCSCCCCCNC1=O. The fraction of sp³-hybridized carbons (Fsp3) is 0.667. The molecule has 1 aromatic carbocycles. The number of rotatable bonds is 5. The molecule has 1 aliphatic heterocycles. The summed E-state index contributed by atoms with van der Waals surface area (Å²) in [6.45, 7) is 5.69. The molecule has 2 unspecified atom stereocenters. The highest BCUT2D eigenvalue weighted by Gasteiger charge is 2.26. The van der Waals surface area contributed by atoms with E-state index in [2.05, 4.69) is 24.5 Å². The number of urea groups is 1. The first-order valence-corrected chi connectivity index (χ1v) is 12.7. The van der Waals surface area contributed by atoms with Crippen molar-refractivity contribution >= 4 is 23.7 Å². The Kier molecular flexibility index (Phi) is 11.8. The van der Waals surface area contributed by atoms with Gasteiger partial charge in [0.05, 0.1) is 18.7 Å². The van der Waals surface area contributed by atoms with Gasteiger partial charge in [0, 0.05) is 25.3 Å². The summed E-state index contributed by atoms with van der Waals surface area (Å²) in [7, 11) is 0. The topological polar surface area (TPSA) is 81.7 Å². The molecule has 0 aromatic heterocycles. The first-order valence-electron chi connectivity index (χ1n) is 11.6. The molecule has 1 aliphatic rings. The van der Waals surface area contributed by atoms with E-state index in [0.717, 1.165) is 42.8 Å². The van der Waals surface area contributed by atoms with E-state index in [1.807, 2.05) is 30.3 Å². The number of β-amino-alcohol motifs (C(OH)–C–C–N with tert-alkyl or cyclic N) is 1. The maximum absolute atomic E-state index is 12.8. The average molecular weight is 450 g/mol. The number of benzene rings is 1. The monoisotopic (exact) mass is 449 g/mol. The summed E-state index contributed by atoms with van der Waals surface area (Å²) >= 11 is 1.79. The normalized spacial score (nSPS) is 22.8. The first kappa shape index (κ1) is 25.5. The maximum atomic E-state index is 12.8. The van der Waals surface area contributed by atoms with Crippen LogP contribution in [0.4, 0.5) is 4.79 Å². The Morgan fingerprint density at radius 1 is 1.13 bits per heavy atom. The summed E-state index contributed by atoms with van der Waals surface area (Å²) < 4.78 is 0. The number of nitrogens with zero attached hydrogens (tertiary/aromatic N) is 1. The van der Waals surface area contributed by atoms with Gasteiger partial charge in [-0.2, -0.15) is 11.8 Å². The Morgan fingerprint density at radius 2 is 1.90 bits per heavy atom. The van der Waals surface area contributed by atoms with Crippen LogP contribution in [0.15, 0.2) is 30.3 Å². The molecule has 0 radical (unpaired) electrons. The highest BCUT2D eigenvalue weighted by molar-refractivity contribution is 7.99. The van der Waals surface area contributed by atoms with Gasteiger partial charge in [-0.3, -0.25) is 4.79 Å². The van der Waals surface area contributed by atoms with E-state index >= 15 is 0 Å². The summed E-state index contributed by atoms with van der Waals surface area (Å²) in [4.78, 5) is 27.1. The van der Waals surface area contributed by atoms with Gasteiger partial charge in [-0.05, 0) is 42.9 Å². The Morgan fingerprint density at radius 3 is 2.65 bits per heavy atom. The van der Waals surface area contributed by atoms with Gasteiger partial charge in [0.25, 0.3) is 0 Å². The summed E-state index contributed by atoms with van der Waals surface area (Å²) in [5.41, 5.74) is 1.05. The van der Waals surface area contributed by atoms with Crippen LogP contribution in [-0.4, -0.2) is 65.2 Å². The molecule has 2 atom stereocenters. The van der Waals surface area contributed by atoms with E-state index < -0.39 is 12.1 Å². The first-order chi connectivity index (χ1) is 15.0.